The van der Waals surface area contributed by atoms with Crippen molar-refractivity contribution in [2.75, 3.05) is 0 Å². The zero-order valence-corrected chi connectivity index (χ0v) is 15.1. The molecule has 2 heterocycles. The van der Waals surface area contributed by atoms with E-state index in [1.54, 1.807) is 17.0 Å². The molecule has 1 aliphatic heterocycles. The molecule has 1 saturated carbocycles. The molecule has 1 N–H and O–H groups in total. The summed E-state index contributed by atoms with van der Waals surface area (Å²) in [5.41, 5.74) is 0. The van der Waals surface area contributed by atoms with Crippen LogP contribution < -0.4 is 40.0 Å². The van der Waals surface area contributed by atoms with Gasteiger partial charge in [-0.2, -0.15) is 0 Å². The number of carbonyl (C=O) groups excluding carboxylic acids is 2. The van der Waals surface area contributed by atoms with Crippen LogP contribution in [0.15, 0.2) is 16.5 Å². The molecule has 114 valence electrons. The largest absolute Gasteiger partial charge is 1.00 e. The summed E-state index contributed by atoms with van der Waals surface area (Å²) < 4.78 is 5.18. The Kier molecular flexibility index (Phi) is 5.96. The van der Waals surface area contributed by atoms with E-state index in [-0.39, 0.29) is 53.3 Å². The summed E-state index contributed by atoms with van der Waals surface area (Å²) in [5, 5.41) is 14.2. The predicted octanol–water partition coefficient (Wildman–Crippen LogP) is -2.70. The number of rotatable bonds is 5. The van der Waals surface area contributed by atoms with E-state index < -0.39 is 18.1 Å². The molecule has 1 saturated heterocycles. The Morgan fingerprint density at radius 3 is 2.50 bits per heavy atom. The molecule has 2 fully saturated rings. The van der Waals surface area contributed by atoms with Crippen molar-refractivity contribution in [3.8, 4) is 0 Å². The van der Waals surface area contributed by atoms with Crippen LogP contribution in [0.3, 0.4) is 0 Å². The maximum absolute atomic E-state index is 12.3. The van der Waals surface area contributed by atoms with Gasteiger partial charge in [-0.15, -0.1) is 0 Å². The van der Waals surface area contributed by atoms with Crippen molar-refractivity contribution >= 4 is 23.5 Å². The first kappa shape index (κ1) is 17.8. The van der Waals surface area contributed by atoms with Gasteiger partial charge in [0.05, 0.1) is 24.6 Å². The van der Waals surface area contributed by atoms with Gasteiger partial charge < -0.3 is 19.6 Å². The first-order chi connectivity index (χ1) is 10.1. The number of aliphatic carboxylic acids is 1. The Bertz CT molecular complexity index is 561. The van der Waals surface area contributed by atoms with Gasteiger partial charge in [-0.1, -0.05) is 0 Å². The molecule has 2 unspecified atom stereocenters. The van der Waals surface area contributed by atoms with Crippen molar-refractivity contribution in [3.63, 3.8) is 0 Å². The van der Waals surface area contributed by atoms with Crippen LogP contribution in [-0.4, -0.2) is 34.9 Å². The van der Waals surface area contributed by atoms with Gasteiger partial charge in [0.15, 0.2) is 5.22 Å². The summed E-state index contributed by atoms with van der Waals surface area (Å²) in [4.78, 5) is 25.3. The van der Waals surface area contributed by atoms with Crippen LogP contribution in [0.25, 0.3) is 0 Å². The first-order valence-corrected chi connectivity index (χ1v) is 7.44. The maximum atomic E-state index is 12.3. The number of carboxylic acids is 1. The van der Waals surface area contributed by atoms with Crippen molar-refractivity contribution in [1.82, 2.24) is 10.2 Å². The topological polar surface area (TPSA) is 85.6 Å². The number of carbonyl (C=O) groups is 2. The van der Waals surface area contributed by atoms with Crippen LogP contribution in [0.4, 0.5) is 0 Å². The minimum atomic E-state index is -1.09. The van der Waals surface area contributed by atoms with Gasteiger partial charge in [0.25, 0.3) is 0 Å². The van der Waals surface area contributed by atoms with Crippen LogP contribution in [0.2, 0.25) is 5.22 Å². The molecule has 2 aliphatic rings. The molecule has 3 rings (SSSR count). The fraction of sp³-hybridized carbons (Fsp3) is 0.571. The predicted molar refractivity (Wildman–Crippen MR) is 72.2 cm³/mol. The summed E-state index contributed by atoms with van der Waals surface area (Å²) in [5.74, 6) is -0.686. The smallest absolute Gasteiger partial charge is 0.548 e. The van der Waals surface area contributed by atoms with Gasteiger partial charge in [0.1, 0.15) is 5.76 Å². The molecule has 0 radical (unpaired) electrons. The molecule has 1 amide bonds. The minimum Gasteiger partial charge on any atom is -0.548 e. The Labute approximate surface area is 155 Å². The van der Waals surface area contributed by atoms with E-state index in [4.69, 9.17) is 16.0 Å². The monoisotopic (exact) mass is 334 g/mol. The van der Waals surface area contributed by atoms with Crippen LogP contribution in [0.1, 0.15) is 31.4 Å². The zero-order chi connectivity index (χ0) is 15.0. The van der Waals surface area contributed by atoms with Crippen molar-refractivity contribution < 1.29 is 48.7 Å². The van der Waals surface area contributed by atoms with Crippen LogP contribution in [-0.2, 0) is 16.1 Å². The summed E-state index contributed by atoms with van der Waals surface area (Å²) in [7, 11) is 0. The average molecular weight is 335 g/mol. The van der Waals surface area contributed by atoms with Gasteiger partial charge in [-0.3, -0.25) is 9.69 Å². The summed E-state index contributed by atoms with van der Waals surface area (Å²) in [6.45, 7) is 0.247. The molecule has 0 aromatic carbocycles. The number of amides is 1. The van der Waals surface area contributed by atoms with E-state index in [0.29, 0.717) is 18.6 Å². The van der Waals surface area contributed by atoms with Gasteiger partial charge in [-0.25, -0.2) is 0 Å². The Morgan fingerprint density at radius 2 is 1.95 bits per heavy atom. The second kappa shape index (κ2) is 7.36. The van der Waals surface area contributed by atoms with Crippen molar-refractivity contribution in [3.05, 3.63) is 23.1 Å². The quantitative estimate of drug-likeness (QED) is 0.592. The van der Waals surface area contributed by atoms with Gasteiger partial charge in [0.2, 0.25) is 5.91 Å². The Balaban J connectivity index is 0.00000176. The summed E-state index contributed by atoms with van der Waals surface area (Å²) in [6, 6.07) is 2.46. The fourth-order valence-corrected chi connectivity index (χ4v) is 3.12. The third-order valence-corrected chi connectivity index (χ3v) is 4.25. The van der Waals surface area contributed by atoms with Crippen molar-refractivity contribution in [2.45, 2.75) is 50.4 Å². The third kappa shape index (κ3) is 3.86. The number of nitrogens with zero attached hydrogens (tertiary/aromatic N) is 1. The molecule has 22 heavy (non-hydrogen) atoms. The third-order valence-electron chi connectivity index (χ3n) is 4.04. The van der Waals surface area contributed by atoms with E-state index in [1.165, 1.54) is 0 Å². The van der Waals surface area contributed by atoms with Crippen LogP contribution in [0, 0.1) is 0 Å². The van der Waals surface area contributed by atoms with Crippen LogP contribution >= 0.6 is 11.6 Å². The number of hydrogen-bond donors (Lipinski definition) is 1. The molecule has 2 atom stereocenters. The van der Waals surface area contributed by atoms with E-state index >= 15 is 0 Å². The number of carboxylic acid groups (broad SMARTS) is 1. The molecule has 1 aliphatic carbocycles. The molecule has 6 nitrogen and oxygen atoms in total. The number of nitrogens with one attached hydrogen (secondary N) is 1. The fourth-order valence-electron chi connectivity index (χ4n) is 2.96. The summed E-state index contributed by atoms with van der Waals surface area (Å²) >= 11 is 5.67. The molecule has 0 spiro atoms. The van der Waals surface area contributed by atoms with Crippen molar-refractivity contribution in [1.29, 1.82) is 0 Å². The second-order valence-corrected chi connectivity index (χ2v) is 5.90. The average Bonchev–Trinajstić information content (AvgIpc) is 3.04. The van der Waals surface area contributed by atoms with Crippen molar-refractivity contribution in [2.24, 2.45) is 0 Å². The molecule has 1 aromatic rings. The number of furan rings is 1. The van der Waals surface area contributed by atoms with Gasteiger partial charge >= 0.3 is 29.6 Å². The van der Waals surface area contributed by atoms with E-state index in [9.17, 15) is 14.7 Å². The number of hydrogen-bond acceptors (Lipinski definition) is 5. The SMILES string of the molecule is O=C([O-])C1CCC(C(=O)NCc2ccc(Cl)o2)N1C1CC1.[Na+]. The minimum absolute atomic E-state index is 0. The normalized spacial score (nSPS) is 24.8. The maximum Gasteiger partial charge on any atom is 1.00 e. The number of halogens is 1. The Hall–Kier alpha value is -0.530. The van der Waals surface area contributed by atoms with E-state index in [0.717, 1.165) is 12.8 Å². The molecule has 8 heteroatoms. The van der Waals surface area contributed by atoms with Crippen LogP contribution in [0.5, 0.6) is 0 Å². The van der Waals surface area contributed by atoms with Gasteiger partial charge in [0, 0.05) is 6.04 Å². The van der Waals surface area contributed by atoms with E-state index in [1.807, 2.05) is 0 Å². The standard InChI is InChI=1S/C14H17ClN2O4.Na/c15-12-6-3-9(21-12)7-16-13(18)10-4-5-11(14(19)20)17(10)8-1-2-8;/h3,6,8,10-11H,1-2,4-5,7H2,(H,16,18)(H,19,20);/q;+1/p-1. The molecule has 0 bridgehead atoms. The molecular formula is C14H16ClN2NaO4. The summed E-state index contributed by atoms with van der Waals surface area (Å²) in [6.07, 6.45) is 2.89. The van der Waals surface area contributed by atoms with Gasteiger partial charge in [-0.05, 0) is 49.4 Å². The molecule has 1 aromatic heterocycles. The van der Waals surface area contributed by atoms with E-state index in [2.05, 4.69) is 5.32 Å². The first-order valence-electron chi connectivity index (χ1n) is 7.06. The second-order valence-electron chi connectivity index (χ2n) is 5.53. The zero-order valence-electron chi connectivity index (χ0n) is 12.4. The number of likely N-dealkylation sites (tertiary alicyclic amines) is 1. The molecular weight excluding hydrogens is 319 g/mol. The Morgan fingerprint density at radius 1 is 1.27 bits per heavy atom.